The smallest absolute Gasteiger partial charge is 0.348 e. The molecule has 0 fully saturated rings. The summed E-state index contributed by atoms with van der Waals surface area (Å²) < 4.78 is 4.76. The van der Waals surface area contributed by atoms with Gasteiger partial charge >= 0.3 is 5.97 Å². The van der Waals surface area contributed by atoms with Crippen LogP contribution in [-0.4, -0.2) is 23.0 Å². The van der Waals surface area contributed by atoms with Crippen LogP contribution in [0.3, 0.4) is 0 Å². The molecule has 3 rings (SSSR count). The fraction of sp³-hybridized carbons (Fsp3) is 0.211. The van der Waals surface area contributed by atoms with Gasteiger partial charge in [-0.3, -0.25) is 4.79 Å². The molecule has 2 heterocycles. The van der Waals surface area contributed by atoms with Crippen LogP contribution in [-0.2, 0) is 11.2 Å². The number of hydrogen-bond acceptors (Lipinski definition) is 5. The van der Waals surface area contributed by atoms with Crippen LogP contribution in [0.25, 0.3) is 21.3 Å². The monoisotopic (exact) mass is 388 g/mol. The number of aryl methyl sites for hydroxylation is 2. The summed E-state index contributed by atoms with van der Waals surface area (Å²) in [5.74, 6) is -0.217. The van der Waals surface area contributed by atoms with Crippen molar-refractivity contribution >= 4 is 50.2 Å². The average molecular weight is 389 g/mol. The molecule has 1 aromatic carbocycles. The number of halogens is 1. The molecule has 1 N–H and O–H groups in total. The van der Waals surface area contributed by atoms with E-state index in [2.05, 4.69) is 16.9 Å². The third-order valence-electron chi connectivity index (χ3n) is 4.08. The summed E-state index contributed by atoms with van der Waals surface area (Å²) in [6, 6.07) is 7.98. The fourth-order valence-electron chi connectivity index (χ4n) is 2.61. The molecule has 26 heavy (non-hydrogen) atoms. The lowest BCUT2D eigenvalue weighted by molar-refractivity contribution is 0.0605. The second-order valence-electron chi connectivity index (χ2n) is 5.73. The van der Waals surface area contributed by atoms with Crippen molar-refractivity contribution in [1.29, 1.82) is 0 Å². The zero-order valence-corrected chi connectivity index (χ0v) is 16.1. The van der Waals surface area contributed by atoms with Crippen molar-refractivity contribution in [2.75, 3.05) is 7.11 Å². The number of rotatable bonds is 4. The molecule has 0 spiro atoms. The van der Waals surface area contributed by atoms with Gasteiger partial charge in [0.25, 0.3) is 5.56 Å². The number of aromatic amines is 1. The quantitative estimate of drug-likeness (QED) is 0.673. The van der Waals surface area contributed by atoms with E-state index in [1.54, 1.807) is 13.0 Å². The average Bonchev–Trinajstić information content (AvgIpc) is 2.98. The number of thiophene rings is 1. The molecule has 3 aromatic rings. The Morgan fingerprint density at radius 2 is 2.04 bits per heavy atom. The van der Waals surface area contributed by atoms with Gasteiger partial charge in [0.15, 0.2) is 5.82 Å². The van der Waals surface area contributed by atoms with Crippen LogP contribution in [0, 0.1) is 6.92 Å². The maximum Gasteiger partial charge on any atom is 0.348 e. The van der Waals surface area contributed by atoms with Gasteiger partial charge in [-0.15, -0.1) is 11.3 Å². The van der Waals surface area contributed by atoms with Crippen molar-refractivity contribution in [3.63, 3.8) is 0 Å². The number of nitrogens with zero attached hydrogens (tertiary/aromatic N) is 1. The van der Waals surface area contributed by atoms with E-state index >= 15 is 0 Å². The Morgan fingerprint density at radius 3 is 2.65 bits per heavy atom. The van der Waals surface area contributed by atoms with Crippen molar-refractivity contribution in [2.24, 2.45) is 0 Å². The Morgan fingerprint density at radius 1 is 1.35 bits per heavy atom. The number of H-pyrrole nitrogens is 1. The Labute approximate surface area is 159 Å². The number of ether oxygens (including phenoxy) is 1. The molecule has 0 unspecified atom stereocenters. The maximum atomic E-state index is 12.5. The first-order valence-corrected chi connectivity index (χ1v) is 9.22. The predicted molar refractivity (Wildman–Crippen MR) is 106 cm³/mol. The molecule has 0 amide bonds. The molecular weight excluding hydrogens is 372 g/mol. The Bertz CT molecular complexity index is 1060. The number of hydrogen-bond donors (Lipinski definition) is 1. The normalized spacial score (nSPS) is 11.8. The van der Waals surface area contributed by atoms with E-state index in [0.29, 0.717) is 25.7 Å². The van der Waals surface area contributed by atoms with Crippen molar-refractivity contribution in [3.8, 4) is 0 Å². The van der Waals surface area contributed by atoms with E-state index < -0.39 is 5.97 Å². The van der Waals surface area contributed by atoms with Gasteiger partial charge in [-0.25, -0.2) is 9.78 Å². The fourth-order valence-corrected chi connectivity index (χ4v) is 3.92. The molecule has 134 valence electrons. The zero-order chi connectivity index (χ0) is 18.8. The van der Waals surface area contributed by atoms with Gasteiger partial charge in [-0.2, -0.15) is 0 Å². The van der Waals surface area contributed by atoms with Gasteiger partial charge in [0.05, 0.1) is 17.5 Å². The molecular formula is C19H17ClN2O3S. The third-order valence-corrected chi connectivity index (χ3v) is 5.53. The number of carbonyl (C=O) groups is 1. The lowest BCUT2D eigenvalue weighted by atomic mass is 10.1. The highest BCUT2D eigenvalue weighted by Gasteiger charge is 2.20. The third kappa shape index (κ3) is 3.43. The minimum atomic E-state index is -0.482. The first-order chi connectivity index (χ1) is 12.4. The first-order valence-electron chi connectivity index (χ1n) is 8.02. The summed E-state index contributed by atoms with van der Waals surface area (Å²) in [5.41, 5.74) is 2.37. The molecule has 0 aliphatic carbocycles. The summed E-state index contributed by atoms with van der Waals surface area (Å²) in [6.45, 7) is 3.79. The van der Waals surface area contributed by atoms with Gasteiger partial charge in [-0.1, -0.05) is 42.8 Å². The molecule has 0 atom stereocenters. The van der Waals surface area contributed by atoms with Crippen molar-refractivity contribution in [2.45, 2.75) is 20.3 Å². The maximum absolute atomic E-state index is 12.5. The van der Waals surface area contributed by atoms with E-state index in [1.165, 1.54) is 12.7 Å². The molecule has 2 aromatic heterocycles. The number of nitrogens with one attached hydrogen (secondary N) is 1. The van der Waals surface area contributed by atoms with E-state index in [9.17, 15) is 9.59 Å². The standard InChI is InChI=1S/C19H17ClN2O3S/c1-4-11-5-7-12(8-6-11)9-13(20)16-21-17(23)14-10(2)15(19(24)25-3)26-18(14)22-16/h5-9H,4H2,1-3H3,(H,21,22,23)/b13-9-. The van der Waals surface area contributed by atoms with E-state index in [-0.39, 0.29) is 11.4 Å². The van der Waals surface area contributed by atoms with E-state index in [4.69, 9.17) is 16.3 Å². The number of fused-ring (bicyclic) bond motifs is 1. The minimum Gasteiger partial charge on any atom is -0.465 e. The minimum absolute atomic E-state index is 0.265. The topological polar surface area (TPSA) is 72.0 Å². The van der Waals surface area contributed by atoms with Crippen molar-refractivity contribution in [1.82, 2.24) is 9.97 Å². The van der Waals surface area contributed by atoms with Gasteiger partial charge in [0.2, 0.25) is 0 Å². The lowest BCUT2D eigenvalue weighted by Gasteiger charge is -2.01. The predicted octanol–water partition coefficient (Wildman–Crippen LogP) is 4.38. The molecule has 0 bridgehead atoms. The SMILES string of the molecule is CCc1ccc(/C=C(\Cl)c2nc3sc(C(=O)OC)c(C)c3c(=O)[nH]2)cc1. The molecule has 5 nitrogen and oxygen atoms in total. The second-order valence-corrected chi connectivity index (χ2v) is 7.14. The first kappa shape index (κ1) is 18.4. The number of esters is 1. The molecule has 0 aliphatic rings. The van der Waals surface area contributed by atoms with Crippen LogP contribution in [0.15, 0.2) is 29.1 Å². The van der Waals surface area contributed by atoms with Gasteiger partial charge in [0, 0.05) is 0 Å². The Kier molecular flexibility index (Phi) is 5.25. The van der Waals surface area contributed by atoms with Gasteiger partial charge in [-0.05, 0) is 36.1 Å². The summed E-state index contributed by atoms with van der Waals surface area (Å²) >= 11 is 7.49. The Balaban J connectivity index is 2.06. The number of methoxy groups -OCH3 is 1. The van der Waals surface area contributed by atoms with Crippen LogP contribution in [0.4, 0.5) is 0 Å². The number of benzene rings is 1. The molecule has 7 heteroatoms. The molecule has 0 radical (unpaired) electrons. The number of aromatic nitrogens is 2. The van der Waals surface area contributed by atoms with Gasteiger partial charge < -0.3 is 9.72 Å². The number of carbonyl (C=O) groups excluding carboxylic acids is 1. The highest BCUT2D eigenvalue weighted by Crippen LogP contribution is 2.29. The van der Waals surface area contributed by atoms with Crippen LogP contribution in [0.5, 0.6) is 0 Å². The summed E-state index contributed by atoms with van der Waals surface area (Å²) in [6.07, 6.45) is 2.70. The Hall–Kier alpha value is -2.44. The van der Waals surface area contributed by atoms with Crippen LogP contribution < -0.4 is 5.56 Å². The molecule has 0 saturated heterocycles. The highest BCUT2D eigenvalue weighted by atomic mass is 35.5. The van der Waals surface area contributed by atoms with Crippen LogP contribution in [0.1, 0.15) is 39.1 Å². The summed E-state index contributed by atoms with van der Waals surface area (Å²) in [5, 5.41) is 0.704. The van der Waals surface area contributed by atoms with Crippen molar-refractivity contribution < 1.29 is 9.53 Å². The molecule has 0 aliphatic heterocycles. The largest absolute Gasteiger partial charge is 0.465 e. The summed E-state index contributed by atoms with van der Waals surface area (Å²) in [4.78, 5) is 32.2. The van der Waals surface area contributed by atoms with Gasteiger partial charge in [0.1, 0.15) is 9.71 Å². The molecule has 0 saturated carbocycles. The highest BCUT2D eigenvalue weighted by molar-refractivity contribution is 7.20. The van der Waals surface area contributed by atoms with E-state index in [1.807, 2.05) is 24.3 Å². The van der Waals surface area contributed by atoms with E-state index in [0.717, 1.165) is 23.3 Å². The second kappa shape index (κ2) is 7.43. The lowest BCUT2D eigenvalue weighted by Crippen LogP contribution is -2.10. The zero-order valence-electron chi connectivity index (χ0n) is 14.6. The van der Waals surface area contributed by atoms with Crippen LogP contribution >= 0.6 is 22.9 Å². The van der Waals surface area contributed by atoms with Crippen molar-refractivity contribution in [3.05, 3.63) is 62.0 Å². The van der Waals surface area contributed by atoms with Crippen LogP contribution in [0.2, 0.25) is 0 Å². The summed E-state index contributed by atoms with van der Waals surface area (Å²) in [7, 11) is 1.30.